The highest BCUT2D eigenvalue weighted by molar-refractivity contribution is 5.29. The molecule has 114 valence electrons. The molecule has 0 aromatic carbocycles. The van der Waals surface area contributed by atoms with E-state index in [9.17, 15) is 0 Å². The Balaban J connectivity index is 1.81. The van der Waals surface area contributed by atoms with Gasteiger partial charge in [0, 0.05) is 25.5 Å². The van der Waals surface area contributed by atoms with Gasteiger partial charge in [-0.25, -0.2) is 4.98 Å². The minimum atomic E-state index is 0.517. The zero-order valence-electron chi connectivity index (χ0n) is 13.0. The van der Waals surface area contributed by atoms with Crippen LogP contribution in [0.2, 0.25) is 0 Å². The van der Waals surface area contributed by atoms with Crippen LogP contribution in [-0.2, 0) is 20.0 Å². The number of hydrogen-bond donors (Lipinski definition) is 1. The molecule has 1 unspecified atom stereocenters. The lowest BCUT2D eigenvalue weighted by atomic mass is 10.0. The van der Waals surface area contributed by atoms with Crippen molar-refractivity contribution in [1.82, 2.24) is 24.6 Å². The minimum Gasteiger partial charge on any atom is -0.346 e. The van der Waals surface area contributed by atoms with Gasteiger partial charge in [0.05, 0.1) is 6.54 Å². The predicted octanol–water partition coefficient (Wildman–Crippen LogP) is 2.43. The van der Waals surface area contributed by atoms with Crippen molar-refractivity contribution < 1.29 is 0 Å². The van der Waals surface area contributed by atoms with Crippen LogP contribution in [0.4, 0.5) is 0 Å². The maximum atomic E-state index is 4.32. The third-order valence-corrected chi connectivity index (χ3v) is 4.33. The van der Waals surface area contributed by atoms with Gasteiger partial charge in [0.2, 0.25) is 0 Å². The highest BCUT2D eigenvalue weighted by Gasteiger charge is 2.20. The lowest BCUT2D eigenvalue weighted by molar-refractivity contribution is 0.488. The molecule has 1 aliphatic rings. The summed E-state index contributed by atoms with van der Waals surface area (Å²) in [5, 5.41) is 7.85. The van der Waals surface area contributed by atoms with Crippen LogP contribution in [0.3, 0.4) is 0 Å². The summed E-state index contributed by atoms with van der Waals surface area (Å²) in [7, 11) is 1.95. The summed E-state index contributed by atoms with van der Waals surface area (Å²) in [6.45, 7) is 4.12. The van der Waals surface area contributed by atoms with E-state index in [1.807, 2.05) is 11.7 Å². The molecule has 5 nitrogen and oxygen atoms in total. The van der Waals surface area contributed by atoms with Crippen LogP contribution < -0.4 is 5.32 Å². The molecule has 2 aromatic heterocycles. The van der Waals surface area contributed by atoms with Crippen LogP contribution in [0.1, 0.15) is 55.6 Å². The van der Waals surface area contributed by atoms with Crippen molar-refractivity contribution in [3.8, 4) is 0 Å². The Morgan fingerprint density at radius 3 is 3.00 bits per heavy atom. The lowest BCUT2D eigenvalue weighted by Crippen LogP contribution is -2.21. The molecular formula is C16H25N5. The molecule has 3 rings (SSSR count). The van der Waals surface area contributed by atoms with Gasteiger partial charge in [-0.15, -0.1) is 0 Å². The zero-order chi connectivity index (χ0) is 14.7. The van der Waals surface area contributed by atoms with E-state index in [4.69, 9.17) is 0 Å². The topological polar surface area (TPSA) is 47.7 Å². The lowest BCUT2D eigenvalue weighted by Gasteiger charge is -2.16. The third-order valence-electron chi connectivity index (χ3n) is 4.33. The molecule has 0 saturated heterocycles. The number of hydrogen-bond acceptors (Lipinski definition) is 3. The fourth-order valence-electron chi connectivity index (χ4n) is 3.16. The van der Waals surface area contributed by atoms with Crippen LogP contribution in [0, 0.1) is 0 Å². The molecule has 1 atom stereocenters. The molecule has 0 aliphatic heterocycles. The molecule has 0 spiro atoms. The van der Waals surface area contributed by atoms with Crippen molar-refractivity contribution in [3.63, 3.8) is 0 Å². The average molecular weight is 287 g/mol. The monoisotopic (exact) mass is 287 g/mol. The second-order valence-electron chi connectivity index (χ2n) is 5.96. The van der Waals surface area contributed by atoms with Crippen molar-refractivity contribution in [2.45, 2.75) is 51.6 Å². The normalized spacial score (nSPS) is 18.5. The quantitative estimate of drug-likeness (QED) is 0.859. The molecule has 0 saturated carbocycles. The minimum absolute atomic E-state index is 0.517. The summed E-state index contributed by atoms with van der Waals surface area (Å²) in [6, 6.07) is 0.517. The second kappa shape index (κ2) is 6.43. The first-order valence-electron chi connectivity index (χ1n) is 8.02. The van der Waals surface area contributed by atoms with Crippen LogP contribution in [0.15, 0.2) is 18.7 Å². The fourth-order valence-corrected chi connectivity index (χ4v) is 3.16. The summed E-state index contributed by atoms with van der Waals surface area (Å²) in [5.74, 6) is 0.998. The molecule has 2 aromatic rings. The van der Waals surface area contributed by atoms with Gasteiger partial charge in [-0.3, -0.25) is 4.68 Å². The first-order valence-corrected chi connectivity index (χ1v) is 8.02. The first kappa shape index (κ1) is 14.3. The van der Waals surface area contributed by atoms with Crippen molar-refractivity contribution in [1.29, 1.82) is 0 Å². The Labute approximate surface area is 126 Å². The van der Waals surface area contributed by atoms with E-state index in [0.717, 1.165) is 18.9 Å². The van der Waals surface area contributed by atoms with Gasteiger partial charge in [0.25, 0.3) is 0 Å². The van der Waals surface area contributed by atoms with Crippen molar-refractivity contribution >= 4 is 0 Å². The van der Waals surface area contributed by atoms with Gasteiger partial charge in [0.1, 0.15) is 12.2 Å². The molecule has 21 heavy (non-hydrogen) atoms. The highest BCUT2D eigenvalue weighted by Crippen LogP contribution is 2.29. The van der Waals surface area contributed by atoms with Crippen LogP contribution >= 0.6 is 0 Å². The second-order valence-corrected chi connectivity index (χ2v) is 5.96. The summed E-state index contributed by atoms with van der Waals surface area (Å²) in [4.78, 5) is 4.32. The molecule has 1 aliphatic carbocycles. The smallest absolute Gasteiger partial charge is 0.146 e. The number of aryl methyl sites for hydroxylation is 2. The summed E-state index contributed by atoms with van der Waals surface area (Å²) in [6.07, 6.45) is 12.5. The van der Waals surface area contributed by atoms with Crippen LogP contribution in [-0.4, -0.2) is 25.9 Å². The van der Waals surface area contributed by atoms with Crippen molar-refractivity contribution in [2.24, 2.45) is 7.05 Å². The van der Waals surface area contributed by atoms with Gasteiger partial charge < -0.3 is 9.88 Å². The highest BCUT2D eigenvalue weighted by atomic mass is 15.3. The Hall–Kier alpha value is -1.62. The number of rotatable bonds is 5. The number of nitrogens with zero attached hydrogens (tertiary/aromatic N) is 4. The van der Waals surface area contributed by atoms with E-state index >= 15 is 0 Å². The number of fused-ring (bicyclic) bond motifs is 1. The molecule has 0 radical (unpaired) electrons. The maximum absolute atomic E-state index is 4.32. The molecular weight excluding hydrogens is 262 g/mol. The van der Waals surface area contributed by atoms with Gasteiger partial charge in [-0.05, 0) is 43.4 Å². The van der Waals surface area contributed by atoms with E-state index in [0.29, 0.717) is 6.04 Å². The molecule has 5 heteroatoms. The molecule has 0 amide bonds. The maximum Gasteiger partial charge on any atom is 0.146 e. The Kier molecular flexibility index (Phi) is 4.39. The van der Waals surface area contributed by atoms with Crippen LogP contribution in [0.5, 0.6) is 0 Å². The molecule has 2 heterocycles. The number of nitrogens with one attached hydrogen (secondary N) is 1. The van der Waals surface area contributed by atoms with Gasteiger partial charge >= 0.3 is 0 Å². The number of aromatic nitrogens is 4. The first-order chi connectivity index (χ1) is 10.3. The Morgan fingerprint density at radius 1 is 1.33 bits per heavy atom. The van der Waals surface area contributed by atoms with E-state index in [1.54, 1.807) is 6.33 Å². The third kappa shape index (κ3) is 3.18. The molecule has 0 fully saturated rings. The SMILES string of the molecule is CCCNC1CCCCc2cn(Cc3ncnn3C)cc21. The van der Waals surface area contributed by atoms with Crippen molar-refractivity contribution in [2.75, 3.05) is 6.54 Å². The van der Waals surface area contributed by atoms with E-state index in [1.165, 1.54) is 43.2 Å². The van der Waals surface area contributed by atoms with Crippen molar-refractivity contribution in [3.05, 3.63) is 35.7 Å². The molecule has 1 N–H and O–H groups in total. The van der Waals surface area contributed by atoms with E-state index < -0.39 is 0 Å². The average Bonchev–Trinajstić information content (AvgIpc) is 3.01. The van der Waals surface area contributed by atoms with E-state index in [2.05, 4.69) is 39.3 Å². The largest absolute Gasteiger partial charge is 0.346 e. The van der Waals surface area contributed by atoms with E-state index in [-0.39, 0.29) is 0 Å². The van der Waals surface area contributed by atoms with Gasteiger partial charge in [-0.1, -0.05) is 13.3 Å². The predicted molar refractivity (Wildman–Crippen MR) is 83.1 cm³/mol. The Morgan fingerprint density at radius 2 is 2.24 bits per heavy atom. The standard InChI is InChI=1S/C16H25N5/c1-3-8-17-15-7-5-4-6-13-9-21(10-14(13)15)11-16-18-12-19-20(16)2/h9-10,12,15,17H,3-8,11H2,1-2H3. The van der Waals surface area contributed by atoms with Gasteiger partial charge in [0.15, 0.2) is 0 Å². The van der Waals surface area contributed by atoms with Crippen LogP contribution in [0.25, 0.3) is 0 Å². The summed E-state index contributed by atoms with van der Waals surface area (Å²) in [5.41, 5.74) is 2.99. The summed E-state index contributed by atoms with van der Waals surface area (Å²) < 4.78 is 4.11. The van der Waals surface area contributed by atoms with Gasteiger partial charge in [-0.2, -0.15) is 5.10 Å². The zero-order valence-corrected chi connectivity index (χ0v) is 13.0. The molecule has 0 bridgehead atoms. The Bertz CT molecular complexity index is 583. The fraction of sp³-hybridized carbons (Fsp3) is 0.625. The summed E-state index contributed by atoms with van der Waals surface area (Å²) >= 11 is 0.